The molecule has 0 aliphatic carbocycles. The maximum Gasteiger partial charge on any atom is 0.416 e. The van der Waals surface area contributed by atoms with Crippen molar-refractivity contribution in [2.45, 2.75) is 31.3 Å². The van der Waals surface area contributed by atoms with Crippen molar-refractivity contribution in [1.82, 2.24) is 20.0 Å². The fourth-order valence-electron chi connectivity index (χ4n) is 4.48. The van der Waals surface area contributed by atoms with Crippen molar-refractivity contribution >= 4 is 51.5 Å². The molecule has 2 N–H and O–H groups in total. The molecule has 2 atom stereocenters. The van der Waals surface area contributed by atoms with Gasteiger partial charge in [0.1, 0.15) is 0 Å². The van der Waals surface area contributed by atoms with Gasteiger partial charge in [0.2, 0.25) is 0 Å². The Morgan fingerprint density at radius 3 is 2.78 bits per heavy atom. The number of fused-ring (bicyclic) bond motifs is 1. The van der Waals surface area contributed by atoms with Crippen LogP contribution in [-0.4, -0.2) is 56.2 Å². The summed E-state index contributed by atoms with van der Waals surface area (Å²) in [6.45, 7) is 0.808. The van der Waals surface area contributed by atoms with Crippen LogP contribution in [0.15, 0.2) is 47.5 Å². The van der Waals surface area contributed by atoms with E-state index in [0.29, 0.717) is 36.0 Å². The molecular formula is C24H20ClF3N4O3S. The topological polar surface area (TPSA) is 87.5 Å². The van der Waals surface area contributed by atoms with Gasteiger partial charge in [0, 0.05) is 17.0 Å². The van der Waals surface area contributed by atoms with E-state index in [4.69, 9.17) is 11.6 Å². The van der Waals surface area contributed by atoms with Crippen LogP contribution >= 0.6 is 23.4 Å². The quantitative estimate of drug-likeness (QED) is 0.477. The fraction of sp³-hybridized carbons (Fsp3) is 0.292. The number of benzene rings is 2. The van der Waals surface area contributed by atoms with Crippen LogP contribution in [0, 0.1) is 0 Å². The molecule has 2 amide bonds. The third kappa shape index (κ3) is 4.75. The zero-order valence-electron chi connectivity index (χ0n) is 18.6. The van der Waals surface area contributed by atoms with E-state index in [1.807, 2.05) is 0 Å². The Kier molecular flexibility index (Phi) is 6.58. The molecule has 3 aromatic rings. The van der Waals surface area contributed by atoms with E-state index in [-0.39, 0.29) is 22.0 Å². The number of nitrogens with one attached hydrogen (secondary N) is 1. The van der Waals surface area contributed by atoms with Gasteiger partial charge in [0.25, 0.3) is 11.1 Å². The van der Waals surface area contributed by atoms with Gasteiger partial charge in [-0.25, -0.2) is 0 Å². The first kappa shape index (κ1) is 24.8. The Balaban J connectivity index is 1.40. The number of nitrogens with zero attached hydrogens (tertiary/aromatic N) is 3. The number of alkyl halides is 3. The standard InChI is InChI=1S/C24H20ClF3N4O3S/c25-16-3-2-14(17(9-16)24(26,27)28)12-31-18-4-1-13(7-15(18)10-30-31)8-21-22(34)32(23(35)36-21)19-5-6-29-11-20(19)33/h1-4,7-10,19-20,29,33H,5-6,11-12H2/b21-8-. The molecule has 0 spiro atoms. The number of thioether (sulfide) groups is 1. The minimum absolute atomic E-state index is 0.000108. The minimum atomic E-state index is -4.55. The molecule has 7 nitrogen and oxygen atoms in total. The average molecular weight is 537 g/mol. The number of hydrogen-bond acceptors (Lipinski definition) is 6. The lowest BCUT2D eigenvalue weighted by atomic mass is 10.0. The summed E-state index contributed by atoms with van der Waals surface area (Å²) in [6.07, 6.45) is -1.78. The molecule has 2 aromatic carbocycles. The number of carbonyl (C=O) groups excluding carboxylic acids is 2. The maximum atomic E-state index is 13.5. The van der Waals surface area contributed by atoms with Crippen molar-refractivity contribution in [3.05, 3.63) is 69.2 Å². The van der Waals surface area contributed by atoms with Crippen LogP contribution in [0.5, 0.6) is 0 Å². The summed E-state index contributed by atoms with van der Waals surface area (Å²) in [5, 5.41) is 17.7. The van der Waals surface area contributed by atoms with Gasteiger partial charge in [-0.05, 0) is 66.2 Å². The number of β-amino-alcohol motifs (C(OH)–C–C–N with tert-alkyl or cyclic N) is 1. The molecular weight excluding hydrogens is 517 g/mol. The molecule has 188 valence electrons. The van der Waals surface area contributed by atoms with Gasteiger partial charge in [0.05, 0.1) is 40.9 Å². The van der Waals surface area contributed by atoms with E-state index < -0.39 is 35.0 Å². The van der Waals surface area contributed by atoms with Gasteiger partial charge < -0.3 is 10.4 Å². The second-order valence-corrected chi connectivity index (χ2v) is 10.0. The number of aromatic nitrogens is 2. The molecule has 3 heterocycles. The number of aliphatic hydroxyl groups is 1. The van der Waals surface area contributed by atoms with Crippen LogP contribution in [0.4, 0.5) is 18.0 Å². The maximum absolute atomic E-state index is 13.5. The first-order chi connectivity index (χ1) is 17.1. The second kappa shape index (κ2) is 9.55. The van der Waals surface area contributed by atoms with Gasteiger partial charge in [-0.15, -0.1) is 0 Å². The Labute approximate surface area is 212 Å². The number of rotatable bonds is 4. The largest absolute Gasteiger partial charge is 0.416 e. The van der Waals surface area contributed by atoms with Crippen molar-refractivity contribution in [3.8, 4) is 0 Å². The molecule has 0 bridgehead atoms. The van der Waals surface area contributed by atoms with Gasteiger partial charge in [-0.2, -0.15) is 18.3 Å². The predicted molar refractivity (Wildman–Crippen MR) is 130 cm³/mol. The third-order valence-corrected chi connectivity index (χ3v) is 7.35. The average Bonchev–Trinajstić information content (AvgIpc) is 3.34. The summed E-state index contributed by atoms with van der Waals surface area (Å²) in [5.41, 5.74) is 0.474. The van der Waals surface area contributed by atoms with E-state index in [9.17, 15) is 27.9 Å². The van der Waals surface area contributed by atoms with Crippen LogP contribution < -0.4 is 5.32 Å². The normalized spacial score (nSPS) is 22.2. The lowest BCUT2D eigenvalue weighted by molar-refractivity contribution is -0.138. The van der Waals surface area contributed by atoms with E-state index in [2.05, 4.69) is 10.4 Å². The summed E-state index contributed by atoms with van der Waals surface area (Å²) in [4.78, 5) is 26.8. The SMILES string of the molecule is O=C1S/C(=C\c2ccc3c(cnn3Cc3ccc(Cl)cc3C(F)(F)F)c2)C(=O)N1C1CCNCC1O. The predicted octanol–water partition coefficient (Wildman–Crippen LogP) is 4.52. The molecule has 36 heavy (non-hydrogen) atoms. The molecule has 0 radical (unpaired) electrons. The van der Waals surface area contributed by atoms with Crippen LogP contribution in [-0.2, 0) is 17.5 Å². The summed E-state index contributed by atoms with van der Waals surface area (Å²) < 4.78 is 41.9. The Hall–Kier alpha value is -2.86. The number of piperidine rings is 1. The highest BCUT2D eigenvalue weighted by atomic mass is 35.5. The summed E-state index contributed by atoms with van der Waals surface area (Å²) >= 11 is 6.59. The summed E-state index contributed by atoms with van der Waals surface area (Å²) in [6, 6.07) is 8.24. The van der Waals surface area contributed by atoms with E-state index in [0.717, 1.165) is 22.7 Å². The number of halogens is 4. The molecule has 1 aromatic heterocycles. The molecule has 2 saturated heterocycles. The fourth-order valence-corrected chi connectivity index (χ4v) is 5.54. The highest BCUT2D eigenvalue weighted by Gasteiger charge is 2.43. The molecule has 5 rings (SSSR count). The van der Waals surface area contributed by atoms with Crippen LogP contribution in [0.3, 0.4) is 0 Å². The number of carbonyl (C=O) groups is 2. The molecule has 0 saturated carbocycles. The first-order valence-corrected chi connectivity index (χ1v) is 12.3. The third-order valence-electron chi connectivity index (χ3n) is 6.23. The molecule has 2 aliphatic rings. The zero-order valence-corrected chi connectivity index (χ0v) is 20.2. The van der Waals surface area contributed by atoms with Crippen molar-refractivity contribution in [2.24, 2.45) is 0 Å². The van der Waals surface area contributed by atoms with E-state index in [1.54, 1.807) is 24.3 Å². The number of hydrogen-bond donors (Lipinski definition) is 2. The second-order valence-electron chi connectivity index (χ2n) is 8.60. The van der Waals surface area contributed by atoms with Gasteiger partial charge in [-0.1, -0.05) is 23.7 Å². The van der Waals surface area contributed by atoms with Crippen molar-refractivity contribution in [2.75, 3.05) is 13.1 Å². The lowest BCUT2D eigenvalue weighted by Crippen LogP contribution is -2.54. The Morgan fingerprint density at radius 1 is 1.22 bits per heavy atom. The van der Waals surface area contributed by atoms with Crippen molar-refractivity contribution in [1.29, 1.82) is 0 Å². The van der Waals surface area contributed by atoms with Gasteiger partial charge in [0.15, 0.2) is 0 Å². The smallest absolute Gasteiger partial charge is 0.390 e. The monoisotopic (exact) mass is 536 g/mol. The van der Waals surface area contributed by atoms with Crippen molar-refractivity contribution < 1.29 is 27.9 Å². The zero-order chi connectivity index (χ0) is 25.6. The molecule has 2 aliphatic heterocycles. The molecule has 2 fully saturated rings. The van der Waals surface area contributed by atoms with Crippen LogP contribution in [0.2, 0.25) is 5.02 Å². The Bertz CT molecular complexity index is 1390. The van der Waals surface area contributed by atoms with Crippen molar-refractivity contribution in [3.63, 3.8) is 0 Å². The highest BCUT2D eigenvalue weighted by molar-refractivity contribution is 8.18. The van der Waals surface area contributed by atoms with Crippen LogP contribution in [0.25, 0.3) is 17.0 Å². The number of imide groups is 1. The summed E-state index contributed by atoms with van der Waals surface area (Å²) in [5.74, 6) is -0.450. The summed E-state index contributed by atoms with van der Waals surface area (Å²) in [7, 11) is 0. The lowest BCUT2D eigenvalue weighted by Gasteiger charge is -2.33. The number of aliphatic hydroxyl groups excluding tert-OH is 1. The molecule has 2 unspecified atom stereocenters. The first-order valence-electron chi connectivity index (χ1n) is 11.1. The van der Waals surface area contributed by atoms with Gasteiger partial charge in [-0.3, -0.25) is 19.2 Å². The van der Waals surface area contributed by atoms with E-state index in [1.165, 1.54) is 23.0 Å². The minimum Gasteiger partial charge on any atom is -0.390 e. The molecule has 12 heteroatoms. The van der Waals surface area contributed by atoms with E-state index >= 15 is 0 Å². The Morgan fingerprint density at radius 2 is 2.03 bits per heavy atom. The number of amides is 2. The van der Waals surface area contributed by atoms with Crippen LogP contribution in [0.1, 0.15) is 23.1 Å². The highest BCUT2D eigenvalue weighted by Crippen LogP contribution is 2.36. The van der Waals surface area contributed by atoms with Gasteiger partial charge >= 0.3 is 6.18 Å².